The van der Waals surface area contributed by atoms with Crippen LogP contribution in [0, 0.1) is 0 Å². The number of aliphatic hydroxyl groups is 1. The smallest absolute Gasteiger partial charge is 0.198 e. The van der Waals surface area contributed by atoms with Gasteiger partial charge in [0.2, 0.25) is 0 Å². The van der Waals surface area contributed by atoms with Crippen molar-refractivity contribution in [2.24, 2.45) is 5.14 Å². The van der Waals surface area contributed by atoms with Crippen LogP contribution in [-0.2, 0) is 10.9 Å². The van der Waals surface area contributed by atoms with Gasteiger partial charge in [-0.15, -0.1) is 0 Å². The monoisotopic (exact) mass is 244 g/mol. The van der Waals surface area contributed by atoms with Crippen LogP contribution in [0.4, 0.5) is 5.69 Å². The number of hydrogen-bond acceptors (Lipinski definition) is 4. The summed E-state index contributed by atoms with van der Waals surface area (Å²) in [6.45, 7) is 1.76. The minimum atomic E-state index is -2.62. The third kappa shape index (κ3) is 4.61. The molecule has 1 saturated heterocycles. The SMILES string of the molecule is N[SH](=O)=O.OC1CCN(c2ccccc2)C1. The highest BCUT2D eigenvalue weighted by Crippen LogP contribution is 2.19. The van der Waals surface area contributed by atoms with Crippen molar-refractivity contribution in [1.82, 2.24) is 0 Å². The van der Waals surface area contributed by atoms with E-state index in [1.807, 2.05) is 18.2 Å². The number of anilines is 1. The maximum absolute atomic E-state index is 9.32. The topological polar surface area (TPSA) is 83.6 Å². The molecule has 0 aliphatic carbocycles. The molecule has 0 spiro atoms. The van der Waals surface area contributed by atoms with Crippen LogP contribution in [0.15, 0.2) is 30.3 Å². The van der Waals surface area contributed by atoms with Gasteiger partial charge >= 0.3 is 0 Å². The Bertz CT molecular complexity index is 373. The van der Waals surface area contributed by atoms with Gasteiger partial charge in [0.05, 0.1) is 6.10 Å². The first-order chi connectivity index (χ1) is 7.59. The summed E-state index contributed by atoms with van der Waals surface area (Å²) >= 11 is 0. The van der Waals surface area contributed by atoms with Gasteiger partial charge in [-0.1, -0.05) is 18.2 Å². The molecule has 16 heavy (non-hydrogen) atoms. The highest BCUT2D eigenvalue weighted by molar-refractivity contribution is 7.69. The van der Waals surface area contributed by atoms with Crippen molar-refractivity contribution >= 4 is 16.6 Å². The lowest BCUT2D eigenvalue weighted by atomic mass is 10.3. The van der Waals surface area contributed by atoms with Crippen molar-refractivity contribution in [2.45, 2.75) is 12.5 Å². The molecule has 0 aromatic heterocycles. The number of aliphatic hydroxyl groups excluding tert-OH is 1. The van der Waals surface area contributed by atoms with Gasteiger partial charge in [-0.3, -0.25) is 0 Å². The van der Waals surface area contributed by atoms with E-state index < -0.39 is 10.9 Å². The van der Waals surface area contributed by atoms with Crippen molar-refractivity contribution in [3.63, 3.8) is 0 Å². The molecule has 0 amide bonds. The van der Waals surface area contributed by atoms with Gasteiger partial charge in [0.15, 0.2) is 10.9 Å². The van der Waals surface area contributed by atoms with Gasteiger partial charge in [-0.2, -0.15) is 0 Å². The van der Waals surface area contributed by atoms with Gasteiger partial charge in [0.1, 0.15) is 0 Å². The maximum Gasteiger partial charge on any atom is 0.198 e. The van der Waals surface area contributed by atoms with E-state index in [-0.39, 0.29) is 6.10 Å². The zero-order chi connectivity index (χ0) is 12.0. The quantitative estimate of drug-likeness (QED) is 0.594. The minimum absolute atomic E-state index is 0.134. The second kappa shape index (κ2) is 6.47. The number of para-hydroxylation sites is 1. The molecule has 1 aliphatic rings. The Kier molecular flexibility index (Phi) is 5.24. The summed E-state index contributed by atoms with van der Waals surface area (Å²) < 4.78 is 17.6. The molecule has 90 valence electrons. The molecule has 1 fully saturated rings. The Labute approximate surface area is 96.6 Å². The van der Waals surface area contributed by atoms with Crippen molar-refractivity contribution in [3.8, 4) is 0 Å². The predicted octanol–water partition coefficient (Wildman–Crippen LogP) is -0.271. The Hall–Kier alpha value is -1.11. The number of β-amino-alcohol motifs (C(OH)–C–C–N with tert-alkyl or cyclic N) is 1. The molecular weight excluding hydrogens is 228 g/mol. The zero-order valence-electron chi connectivity index (χ0n) is 8.82. The summed E-state index contributed by atoms with van der Waals surface area (Å²) in [4.78, 5) is 2.21. The molecule has 1 unspecified atom stereocenters. The number of benzene rings is 1. The molecule has 1 aromatic rings. The third-order valence-corrected chi connectivity index (χ3v) is 2.28. The van der Waals surface area contributed by atoms with E-state index in [9.17, 15) is 5.11 Å². The first kappa shape index (κ1) is 13.0. The van der Waals surface area contributed by atoms with E-state index in [0.717, 1.165) is 19.5 Å². The summed E-state index contributed by atoms with van der Waals surface area (Å²) in [5.74, 6) is 0. The van der Waals surface area contributed by atoms with Crippen molar-refractivity contribution in [2.75, 3.05) is 18.0 Å². The van der Waals surface area contributed by atoms with Gasteiger partial charge in [-0.05, 0) is 18.6 Å². The van der Waals surface area contributed by atoms with Crippen molar-refractivity contribution < 1.29 is 13.5 Å². The Morgan fingerprint density at radius 2 is 1.88 bits per heavy atom. The molecule has 6 heteroatoms. The van der Waals surface area contributed by atoms with Crippen LogP contribution < -0.4 is 10.0 Å². The molecule has 2 rings (SSSR count). The van der Waals surface area contributed by atoms with Crippen LogP contribution in [0.5, 0.6) is 0 Å². The number of hydrogen-bond donors (Lipinski definition) is 3. The van der Waals surface area contributed by atoms with Gasteiger partial charge in [-0.25, -0.2) is 13.6 Å². The Morgan fingerprint density at radius 3 is 2.31 bits per heavy atom. The van der Waals surface area contributed by atoms with Crippen LogP contribution >= 0.6 is 0 Å². The normalized spacial score (nSPS) is 19.4. The second-order valence-electron chi connectivity index (χ2n) is 3.51. The van der Waals surface area contributed by atoms with Crippen LogP contribution in [-0.4, -0.2) is 32.7 Å². The van der Waals surface area contributed by atoms with E-state index >= 15 is 0 Å². The lowest BCUT2D eigenvalue weighted by Crippen LogP contribution is -2.20. The number of thiol groups is 1. The summed E-state index contributed by atoms with van der Waals surface area (Å²) in [6, 6.07) is 10.2. The number of rotatable bonds is 1. The molecule has 0 saturated carbocycles. The summed E-state index contributed by atoms with van der Waals surface area (Å²) in [6.07, 6.45) is 0.764. The largest absolute Gasteiger partial charge is 0.391 e. The van der Waals surface area contributed by atoms with Crippen molar-refractivity contribution in [1.29, 1.82) is 0 Å². The highest BCUT2D eigenvalue weighted by Gasteiger charge is 2.19. The van der Waals surface area contributed by atoms with E-state index in [4.69, 9.17) is 8.42 Å². The summed E-state index contributed by atoms with van der Waals surface area (Å²) in [5.41, 5.74) is 1.22. The van der Waals surface area contributed by atoms with Crippen LogP contribution in [0.25, 0.3) is 0 Å². The molecule has 5 nitrogen and oxygen atoms in total. The zero-order valence-corrected chi connectivity index (χ0v) is 9.72. The lowest BCUT2D eigenvalue weighted by Gasteiger charge is -2.16. The predicted molar refractivity (Wildman–Crippen MR) is 63.8 cm³/mol. The number of nitrogens with zero attached hydrogens (tertiary/aromatic N) is 1. The first-order valence-electron chi connectivity index (χ1n) is 4.96. The van der Waals surface area contributed by atoms with E-state index in [1.54, 1.807) is 0 Å². The third-order valence-electron chi connectivity index (χ3n) is 2.28. The minimum Gasteiger partial charge on any atom is -0.391 e. The fraction of sp³-hybridized carbons (Fsp3) is 0.400. The van der Waals surface area contributed by atoms with Gasteiger partial charge in [0, 0.05) is 18.8 Å². The first-order valence-corrected chi connectivity index (χ1v) is 6.21. The average Bonchev–Trinajstić information content (AvgIpc) is 2.65. The standard InChI is InChI=1S/C10H13NO.H3NO2S/c12-10-6-7-11(8-10)9-4-2-1-3-5-9;1-4(2)3/h1-5,10,12H,6-8H2;4H,(H2,1,2,3). The van der Waals surface area contributed by atoms with E-state index in [0.29, 0.717) is 0 Å². The molecule has 0 radical (unpaired) electrons. The van der Waals surface area contributed by atoms with Gasteiger partial charge < -0.3 is 10.0 Å². The van der Waals surface area contributed by atoms with Crippen LogP contribution in [0.3, 0.4) is 0 Å². The van der Waals surface area contributed by atoms with Gasteiger partial charge in [0.25, 0.3) is 0 Å². The summed E-state index contributed by atoms with van der Waals surface area (Å²) in [7, 11) is -2.62. The van der Waals surface area contributed by atoms with Crippen molar-refractivity contribution in [3.05, 3.63) is 30.3 Å². The fourth-order valence-electron chi connectivity index (χ4n) is 1.62. The number of nitrogens with two attached hydrogens (primary N) is 1. The lowest BCUT2D eigenvalue weighted by molar-refractivity contribution is 0.198. The molecule has 3 N–H and O–H groups in total. The molecule has 1 atom stereocenters. The molecule has 0 bridgehead atoms. The van der Waals surface area contributed by atoms with Crippen LogP contribution in [0.2, 0.25) is 0 Å². The Balaban J connectivity index is 0.000000280. The summed E-state index contributed by atoms with van der Waals surface area (Å²) in [5, 5.41) is 13.4. The van der Waals surface area contributed by atoms with E-state index in [1.165, 1.54) is 5.69 Å². The molecule has 1 heterocycles. The van der Waals surface area contributed by atoms with E-state index in [2.05, 4.69) is 22.2 Å². The second-order valence-corrected chi connectivity index (χ2v) is 4.08. The highest BCUT2D eigenvalue weighted by atomic mass is 32.2. The Morgan fingerprint density at radius 1 is 1.31 bits per heavy atom. The molecule has 1 aliphatic heterocycles. The fourth-order valence-corrected chi connectivity index (χ4v) is 1.62. The molecular formula is C10H16N2O3S. The maximum atomic E-state index is 9.32. The van der Waals surface area contributed by atoms with Crippen LogP contribution in [0.1, 0.15) is 6.42 Å². The average molecular weight is 244 g/mol. The molecule has 1 aromatic carbocycles.